The molecule has 6 rings (SSSR count). The maximum atomic E-state index is 5.50. The average molecular weight is 377 g/mol. The highest BCUT2D eigenvalue weighted by Crippen LogP contribution is 2.39. The van der Waals surface area contributed by atoms with E-state index >= 15 is 0 Å². The van der Waals surface area contributed by atoms with Crippen molar-refractivity contribution in [2.45, 2.75) is 25.8 Å². The lowest BCUT2D eigenvalue weighted by atomic mass is 10.2. The predicted octanol–water partition coefficient (Wildman–Crippen LogP) is 4.29. The molecule has 5 aromatic rings. The zero-order valence-electron chi connectivity index (χ0n) is 14.3. The molecule has 0 amide bonds. The van der Waals surface area contributed by atoms with Gasteiger partial charge in [-0.25, -0.2) is 9.97 Å². The van der Waals surface area contributed by atoms with Gasteiger partial charge in [-0.1, -0.05) is 0 Å². The molecule has 134 valence electrons. The van der Waals surface area contributed by atoms with Crippen LogP contribution in [-0.2, 0) is 19.4 Å². The van der Waals surface area contributed by atoms with Gasteiger partial charge in [0.2, 0.25) is 11.8 Å². The smallest absolute Gasteiger partial charge is 0.227 e. The molecule has 7 nitrogen and oxygen atoms in total. The molecule has 5 aromatic heterocycles. The molecule has 1 aliphatic carbocycles. The summed E-state index contributed by atoms with van der Waals surface area (Å²) in [6.07, 6.45) is 6.69. The Kier molecular flexibility index (Phi) is 3.15. The zero-order valence-corrected chi connectivity index (χ0v) is 15.1. The summed E-state index contributed by atoms with van der Waals surface area (Å²) in [5.74, 6) is 2.70. The van der Waals surface area contributed by atoms with Gasteiger partial charge in [0.25, 0.3) is 0 Å². The lowest BCUT2D eigenvalue weighted by Gasteiger charge is -2.06. The number of anilines is 1. The van der Waals surface area contributed by atoms with Gasteiger partial charge in [0, 0.05) is 4.88 Å². The van der Waals surface area contributed by atoms with Gasteiger partial charge >= 0.3 is 0 Å². The Balaban J connectivity index is 1.56. The molecule has 1 N–H and O–H groups in total. The van der Waals surface area contributed by atoms with Gasteiger partial charge in [0.15, 0.2) is 11.4 Å². The molecule has 1 aliphatic rings. The minimum Gasteiger partial charge on any atom is -0.467 e. The molecule has 5 heterocycles. The number of nitrogens with zero attached hydrogens (tertiary/aromatic N) is 4. The van der Waals surface area contributed by atoms with Crippen LogP contribution in [0.4, 0.5) is 5.95 Å². The number of nitrogens with one attached hydrogen (secondary N) is 1. The van der Waals surface area contributed by atoms with Crippen LogP contribution in [0, 0.1) is 0 Å². The third-order valence-corrected chi connectivity index (χ3v) is 6.07. The summed E-state index contributed by atoms with van der Waals surface area (Å²) in [5, 5.41) is 9.13. The molecule has 8 heteroatoms. The molecule has 0 atom stereocenters. The Hall–Kier alpha value is -3.13. The number of hydrogen-bond acceptors (Lipinski definition) is 7. The van der Waals surface area contributed by atoms with Crippen molar-refractivity contribution >= 4 is 33.1 Å². The molecule has 0 saturated heterocycles. The number of aryl methyl sites for hydroxylation is 2. The van der Waals surface area contributed by atoms with Crippen LogP contribution in [0.25, 0.3) is 27.4 Å². The van der Waals surface area contributed by atoms with Gasteiger partial charge in [-0.2, -0.15) is 4.52 Å². The van der Waals surface area contributed by atoms with E-state index in [0.717, 1.165) is 34.5 Å². The predicted molar refractivity (Wildman–Crippen MR) is 102 cm³/mol. The largest absolute Gasteiger partial charge is 0.467 e. The Bertz CT molecular complexity index is 1250. The number of rotatable bonds is 4. The summed E-state index contributed by atoms with van der Waals surface area (Å²) in [4.78, 5) is 12.1. The van der Waals surface area contributed by atoms with E-state index in [2.05, 4.69) is 10.4 Å². The molecular formula is C19H15N5O2S. The molecule has 27 heavy (non-hydrogen) atoms. The van der Waals surface area contributed by atoms with Crippen LogP contribution in [0.3, 0.4) is 0 Å². The van der Waals surface area contributed by atoms with Crippen molar-refractivity contribution in [3.63, 3.8) is 0 Å². The van der Waals surface area contributed by atoms with Crippen LogP contribution in [0.2, 0.25) is 0 Å². The Morgan fingerprint density at radius 1 is 1.11 bits per heavy atom. The van der Waals surface area contributed by atoms with Gasteiger partial charge < -0.3 is 14.2 Å². The molecule has 0 spiro atoms. The summed E-state index contributed by atoms with van der Waals surface area (Å²) in [7, 11) is 0. The fraction of sp³-hybridized carbons (Fsp3) is 0.211. The lowest BCUT2D eigenvalue weighted by molar-refractivity contribution is 0.517. The fourth-order valence-electron chi connectivity index (χ4n) is 3.67. The van der Waals surface area contributed by atoms with Crippen LogP contribution >= 0.6 is 11.3 Å². The summed E-state index contributed by atoms with van der Waals surface area (Å²) in [5.41, 5.74) is 2.20. The molecule has 0 aliphatic heterocycles. The second-order valence-corrected chi connectivity index (χ2v) is 7.64. The van der Waals surface area contributed by atoms with Crippen molar-refractivity contribution in [3.8, 4) is 11.6 Å². The molecule has 0 saturated carbocycles. The lowest BCUT2D eigenvalue weighted by Crippen LogP contribution is -2.07. The van der Waals surface area contributed by atoms with Crippen molar-refractivity contribution in [1.29, 1.82) is 0 Å². The number of fused-ring (bicyclic) bond motifs is 5. The first-order valence-electron chi connectivity index (χ1n) is 8.88. The van der Waals surface area contributed by atoms with Crippen LogP contribution in [0.15, 0.2) is 45.6 Å². The number of aromatic nitrogens is 4. The summed E-state index contributed by atoms with van der Waals surface area (Å²) >= 11 is 1.77. The van der Waals surface area contributed by atoms with Crippen LogP contribution in [0.1, 0.15) is 22.6 Å². The molecule has 0 unspecified atom stereocenters. The number of furan rings is 2. The molecule has 0 radical (unpaired) electrons. The van der Waals surface area contributed by atoms with E-state index in [1.54, 1.807) is 28.4 Å². The van der Waals surface area contributed by atoms with Gasteiger partial charge in [-0.05, 0) is 49.1 Å². The number of thiophene rings is 1. The minimum absolute atomic E-state index is 0.529. The minimum atomic E-state index is 0.529. The SMILES string of the molecule is c1coc(CNc2nc3sc4c(c3c3nc(-c5ccco5)nn23)CCC4)c1. The maximum absolute atomic E-state index is 5.50. The maximum Gasteiger partial charge on any atom is 0.227 e. The Morgan fingerprint density at radius 2 is 2.04 bits per heavy atom. The van der Waals surface area contributed by atoms with Crippen LogP contribution < -0.4 is 5.32 Å². The van der Waals surface area contributed by atoms with E-state index in [1.807, 2.05) is 24.3 Å². The van der Waals surface area contributed by atoms with Gasteiger partial charge in [-0.15, -0.1) is 16.4 Å². The van der Waals surface area contributed by atoms with Crippen molar-refractivity contribution < 1.29 is 8.83 Å². The summed E-state index contributed by atoms with van der Waals surface area (Å²) < 4.78 is 12.7. The average Bonchev–Trinajstić information content (AvgIpc) is 3.48. The van der Waals surface area contributed by atoms with E-state index in [0.29, 0.717) is 24.1 Å². The van der Waals surface area contributed by atoms with E-state index in [4.69, 9.17) is 18.8 Å². The van der Waals surface area contributed by atoms with Gasteiger partial charge in [0.05, 0.1) is 24.5 Å². The van der Waals surface area contributed by atoms with Crippen LogP contribution in [-0.4, -0.2) is 19.6 Å². The van der Waals surface area contributed by atoms with Crippen molar-refractivity contribution in [3.05, 3.63) is 53.0 Å². The molecular weight excluding hydrogens is 362 g/mol. The highest BCUT2D eigenvalue weighted by atomic mass is 32.1. The third kappa shape index (κ3) is 2.30. The fourth-order valence-corrected chi connectivity index (χ4v) is 4.92. The van der Waals surface area contributed by atoms with Gasteiger partial charge in [-0.3, -0.25) is 0 Å². The topological polar surface area (TPSA) is 81.4 Å². The van der Waals surface area contributed by atoms with E-state index in [1.165, 1.54) is 16.9 Å². The second-order valence-electron chi connectivity index (χ2n) is 6.55. The normalized spacial score (nSPS) is 13.6. The molecule has 0 fully saturated rings. The van der Waals surface area contributed by atoms with Gasteiger partial charge in [0.1, 0.15) is 10.6 Å². The van der Waals surface area contributed by atoms with Crippen molar-refractivity contribution in [2.24, 2.45) is 0 Å². The first kappa shape index (κ1) is 15.0. The quantitative estimate of drug-likeness (QED) is 0.503. The third-order valence-electron chi connectivity index (χ3n) is 4.88. The van der Waals surface area contributed by atoms with Crippen LogP contribution in [0.5, 0.6) is 0 Å². The highest BCUT2D eigenvalue weighted by molar-refractivity contribution is 7.19. The monoisotopic (exact) mass is 377 g/mol. The summed E-state index contributed by atoms with van der Waals surface area (Å²) in [6, 6.07) is 7.51. The Labute approximate surface area is 157 Å². The standard InChI is InChI=1S/C19H15N5O2S/c1-5-12-14(7-1)27-18-15(12)17-21-16(13-6-3-9-26-13)23-24(17)19(22-18)20-10-11-4-2-8-25-11/h2-4,6,8-9H,1,5,7,10H2,(H,20,22). The zero-order chi connectivity index (χ0) is 17.8. The van der Waals surface area contributed by atoms with E-state index < -0.39 is 0 Å². The first-order chi connectivity index (χ1) is 13.4. The second kappa shape index (κ2) is 5.68. The van der Waals surface area contributed by atoms with Crippen molar-refractivity contribution in [2.75, 3.05) is 5.32 Å². The highest BCUT2D eigenvalue weighted by Gasteiger charge is 2.24. The molecule has 0 bridgehead atoms. The van der Waals surface area contributed by atoms with Crippen molar-refractivity contribution in [1.82, 2.24) is 19.6 Å². The Morgan fingerprint density at radius 3 is 2.89 bits per heavy atom. The summed E-state index contributed by atoms with van der Waals surface area (Å²) in [6.45, 7) is 0.529. The first-order valence-corrected chi connectivity index (χ1v) is 9.69. The van der Waals surface area contributed by atoms with E-state index in [9.17, 15) is 0 Å². The number of hydrogen-bond donors (Lipinski definition) is 1. The van der Waals surface area contributed by atoms with E-state index in [-0.39, 0.29) is 0 Å². The molecule has 0 aromatic carbocycles.